The lowest BCUT2D eigenvalue weighted by Crippen LogP contribution is -2.13. The molecule has 0 radical (unpaired) electrons. The third-order valence-electron chi connectivity index (χ3n) is 2.47. The van der Waals surface area contributed by atoms with E-state index in [-0.39, 0.29) is 0 Å². The summed E-state index contributed by atoms with van der Waals surface area (Å²) in [6.45, 7) is 10.6. The Hall–Kier alpha value is -1.28. The third-order valence-corrected chi connectivity index (χ3v) is 2.47. The maximum Gasteiger partial charge on any atom is 0.124 e. The summed E-state index contributed by atoms with van der Waals surface area (Å²) in [4.78, 5) is 0. The molecule has 1 aromatic rings. The van der Waals surface area contributed by atoms with Crippen molar-refractivity contribution in [3.05, 3.63) is 42.0 Å². The van der Waals surface area contributed by atoms with E-state index in [1.54, 1.807) is 0 Å². The van der Waals surface area contributed by atoms with Gasteiger partial charge in [0.2, 0.25) is 0 Å². The minimum Gasteiger partial charge on any atom is -0.489 e. The molecule has 0 aliphatic heterocycles. The smallest absolute Gasteiger partial charge is 0.124 e. The molecule has 0 aliphatic rings. The predicted octanol–water partition coefficient (Wildman–Crippen LogP) is 3.14. The van der Waals surface area contributed by atoms with Gasteiger partial charge in [0.1, 0.15) is 12.4 Å². The summed E-state index contributed by atoms with van der Waals surface area (Å²) in [6, 6.07) is 8.13. The Balaban J connectivity index is 2.59. The van der Waals surface area contributed by atoms with Crippen LogP contribution < -0.4 is 10.1 Å². The van der Waals surface area contributed by atoms with E-state index in [0.717, 1.165) is 30.8 Å². The van der Waals surface area contributed by atoms with Crippen LogP contribution >= 0.6 is 0 Å². The van der Waals surface area contributed by atoms with Crippen molar-refractivity contribution in [1.82, 2.24) is 5.32 Å². The van der Waals surface area contributed by atoms with E-state index in [2.05, 4.69) is 31.8 Å². The molecule has 1 rings (SSSR count). The van der Waals surface area contributed by atoms with Crippen LogP contribution in [0, 0.1) is 0 Å². The number of benzene rings is 1. The zero-order valence-corrected chi connectivity index (χ0v) is 10.3. The summed E-state index contributed by atoms with van der Waals surface area (Å²) in [7, 11) is 0. The van der Waals surface area contributed by atoms with Crippen molar-refractivity contribution in [2.24, 2.45) is 0 Å². The standard InChI is InChI=1S/C14H21NO/c1-4-12(3)11-16-14-9-7-6-8-13(14)10-15-5-2/h6-9,15H,3-5,10-11H2,1-2H3. The zero-order chi connectivity index (χ0) is 11.8. The summed E-state index contributed by atoms with van der Waals surface area (Å²) in [5.41, 5.74) is 2.33. The summed E-state index contributed by atoms with van der Waals surface area (Å²) in [6.07, 6.45) is 0.968. The maximum absolute atomic E-state index is 5.75. The summed E-state index contributed by atoms with van der Waals surface area (Å²) >= 11 is 0. The molecule has 1 aromatic carbocycles. The first-order valence-electron chi connectivity index (χ1n) is 5.86. The van der Waals surface area contributed by atoms with Gasteiger partial charge in [0.05, 0.1) is 0 Å². The monoisotopic (exact) mass is 219 g/mol. The SMILES string of the molecule is C=C(CC)COc1ccccc1CNCC. The Morgan fingerprint density at radius 2 is 2.06 bits per heavy atom. The molecular weight excluding hydrogens is 198 g/mol. The molecule has 0 unspecified atom stereocenters. The fourth-order valence-corrected chi connectivity index (χ4v) is 1.33. The third kappa shape index (κ3) is 4.07. The number of rotatable bonds is 7. The molecule has 0 atom stereocenters. The first-order valence-corrected chi connectivity index (χ1v) is 5.86. The van der Waals surface area contributed by atoms with E-state index in [1.807, 2.05) is 18.2 Å². The highest BCUT2D eigenvalue weighted by Crippen LogP contribution is 2.18. The average Bonchev–Trinajstić information content (AvgIpc) is 2.34. The Labute approximate surface area is 98.3 Å². The van der Waals surface area contributed by atoms with Crippen molar-refractivity contribution in [1.29, 1.82) is 0 Å². The molecule has 0 amide bonds. The van der Waals surface area contributed by atoms with Crippen LogP contribution in [-0.2, 0) is 6.54 Å². The van der Waals surface area contributed by atoms with Crippen molar-refractivity contribution in [3.8, 4) is 5.75 Å². The lowest BCUT2D eigenvalue weighted by Gasteiger charge is -2.12. The molecule has 0 saturated carbocycles. The van der Waals surface area contributed by atoms with Gasteiger partial charge in [-0.15, -0.1) is 0 Å². The minimum atomic E-state index is 0.611. The molecule has 88 valence electrons. The molecule has 0 aliphatic carbocycles. The van der Waals surface area contributed by atoms with E-state index in [1.165, 1.54) is 5.56 Å². The van der Waals surface area contributed by atoms with Gasteiger partial charge in [-0.05, 0) is 24.6 Å². The molecular formula is C14H21NO. The fourth-order valence-electron chi connectivity index (χ4n) is 1.33. The van der Waals surface area contributed by atoms with E-state index in [9.17, 15) is 0 Å². The van der Waals surface area contributed by atoms with Crippen molar-refractivity contribution < 1.29 is 4.74 Å². The molecule has 0 saturated heterocycles. The quantitative estimate of drug-likeness (QED) is 0.711. The normalized spacial score (nSPS) is 10.1. The molecule has 2 heteroatoms. The Morgan fingerprint density at radius 1 is 1.31 bits per heavy atom. The minimum absolute atomic E-state index is 0.611. The second kappa shape index (κ2) is 7.07. The van der Waals surface area contributed by atoms with Gasteiger partial charge in [0.15, 0.2) is 0 Å². The zero-order valence-electron chi connectivity index (χ0n) is 10.3. The van der Waals surface area contributed by atoms with E-state index < -0.39 is 0 Å². The van der Waals surface area contributed by atoms with Crippen molar-refractivity contribution in [2.45, 2.75) is 26.8 Å². The Bertz CT molecular complexity index is 333. The number of hydrogen-bond acceptors (Lipinski definition) is 2. The van der Waals surface area contributed by atoms with Gasteiger partial charge in [0.25, 0.3) is 0 Å². The Morgan fingerprint density at radius 3 is 2.75 bits per heavy atom. The van der Waals surface area contributed by atoms with Crippen LogP contribution in [0.1, 0.15) is 25.8 Å². The van der Waals surface area contributed by atoms with Crippen LogP contribution in [0.4, 0.5) is 0 Å². The predicted molar refractivity (Wildman–Crippen MR) is 68.7 cm³/mol. The van der Waals surface area contributed by atoms with Crippen LogP contribution in [0.25, 0.3) is 0 Å². The number of para-hydroxylation sites is 1. The molecule has 0 aromatic heterocycles. The average molecular weight is 219 g/mol. The first-order chi connectivity index (χ1) is 7.77. The van der Waals surface area contributed by atoms with Gasteiger partial charge in [-0.1, -0.05) is 38.6 Å². The van der Waals surface area contributed by atoms with Gasteiger partial charge < -0.3 is 10.1 Å². The first kappa shape index (κ1) is 12.8. The van der Waals surface area contributed by atoms with E-state index in [4.69, 9.17) is 4.74 Å². The van der Waals surface area contributed by atoms with Crippen molar-refractivity contribution in [3.63, 3.8) is 0 Å². The summed E-state index contributed by atoms with van der Waals surface area (Å²) in [5, 5.41) is 3.30. The molecule has 0 fully saturated rings. The molecule has 16 heavy (non-hydrogen) atoms. The number of ether oxygens (including phenoxy) is 1. The highest BCUT2D eigenvalue weighted by Gasteiger charge is 2.02. The van der Waals surface area contributed by atoms with Crippen LogP contribution in [0.2, 0.25) is 0 Å². The van der Waals surface area contributed by atoms with Gasteiger partial charge in [-0.2, -0.15) is 0 Å². The number of nitrogens with one attached hydrogen (secondary N) is 1. The van der Waals surface area contributed by atoms with Gasteiger partial charge in [-0.3, -0.25) is 0 Å². The molecule has 2 nitrogen and oxygen atoms in total. The second-order valence-corrected chi connectivity index (χ2v) is 3.78. The lowest BCUT2D eigenvalue weighted by molar-refractivity contribution is 0.344. The van der Waals surface area contributed by atoms with Gasteiger partial charge in [0, 0.05) is 12.1 Å². The molecule has 0 spiro atoms. The van der Waals surface area contributed by atoms with Crippen molar-refractivity contribution >= 4 is 0 Å². The molecule has 1 N–H and O–H groups in total. The van der Waals surface area contributed by atoms with Crippen LogP contribution in [0.5, 0.6) is 5.75 Å². The topological polar surface area (TPSA) is 21.3 Å². The summed E-state index contributed by atoms with van der Waals surface area (Å²) in [5.74, 6) is 0.957. The van der Waals surface area contributed by atoms with Crippen LogP contribution in [0.3, 0.4) is 0 Å². The van der Waals surface area contributed by atoms with Crippen LogP contribution in [0.15, 0.2) is 36.4 Å². The largest absolute Gasteiger partial charge is 0.489 e. The fraction of sp³-hybridized carbons (Fsp3) is 0.429. The lowest BCUT2D eigenvalue weighted by atomic mass is 10.2. The molecule has 0 bridgehead atoms. The maximum atomic E-state index is 5.75. The molecule has 0 heterocycles. The highest BCUT2D eigenvalue weighted by molar-refractivity contribution is 5.33. The van der Waals surface area contributed by atoms with Gasteiger partial charge in [-0.25, -0.2) is 0 Å². The van der Waals surface area contributed by atoms with E-state index >= 15 is 0 Å². The van der Waals surface area contributed by atoms with Gasteiger partial charge >= 0.3 is 0 Å². The summed E-state index contributed by atoms with van der Waals surface area (Å²) < 4.78 is 5.75. The second-order valence-electron chi connectivity index (χ2n) is 3.78. The van der Waals surface area contributed by atoms with E-state index in [0.29, 0.717) is 6.61 Å². The highest BCUT2D eigenvalue weighted by atomic mass is 16.5. The van der Waals surface area contributed by atoms with Crippen molar-refractivity contribution in [2.75, 3.05) is 13.2 Å². The number of hydrogen-bond donors (Lipinski definition) is 1. The van der Waals surface area contributed by atoms with Crippen LogP contribution in [-0.4, -0.2) is 13.2 Å². The Kier molecular flexibility index (Phi) is 5.65.